The third kappa shape index (κ3) is 1.65. The molecule has 1 aromatic rings. The van der Waals surface area contributed by atoms with Crippen molar-refractivity contribution in [3.05, 3.63) is 18.0 Å². The Morgan fingerprint density at radius 2 is 2.67 bits per heavy atom. The fourth-order valence-electron chi connectivity index (χ4n) is 1.52. The summed E-state index contributed by atoms with van der Waals surface area (Å²) >= 11 is 0. The van der Waals surface area contributed by atoms with Gasteiger partial charge in [0.25, 0.3) is 0 Å². The second kappa shape index (κ2) is 3.25. The number of nitrogens with zero attached hydrogens (tertiary/aromatic N) is 2. The molecule has 1 N–H and O–H groups in total. The van der Waals surface area contributed by atoms with Crippen LogP contribution < -0.4 is 0 Å². The Morgan fingerprint density at radius 1 is 1.75 bits per heavy atom. The molecular weight excluding hydrogens is 156 g/mol. The largest absolute Gasteiger partial charge is 0.392 e. The lowest BCUT2D eigenvalue weighted by molar-refractivity contribution is 0.174. The second-order valence-electron chi connectivity index (χ2n) is 3.21. The zero-order chi connectivity index (χ0) is 8.39. The second-order valence-corrected chi connectivity index (χ2v) is 3.21. The fraction of sp³-hybridized carbons (Fsp3) is 0.625. The molecule has 66 valence electrons. The van der Waals surface area contributed by atoms with Crippen molar-refractivity contribution in [2.75, 3.05) is 13.1 Å². The molecule has 0 saturated carbocycles. The predicted molar refractivity (Wildman–Crippen MR) is 42.4 cm³/mol. The Bertz CT molecular complexity index is 235. The zero-order valence-electron chi connectivity index (χ0n) is 6.81. The highest BCUT2D eigenvalue weighted by Crippen LogP contribution is 2.12. The minimum absolute atomic E-state index is 0.148. The van der Waals surface area contributed by atoms with Crippen molar-refractivity contribution in [3.63, 3.8) is 0 Å². The van der Waals surface area contributed by atoms with Gasteiger partial charge in [-0.25, -0.2) is 0 Å². The van der Waals surface area contributed by atoms with Crippen molar-refractivity contribution in [2.45, 2.75) is 19.1 Å². The van der Waals surface area contributed by atoms with Crippen LogP contribution in [0.15, 0.2) is 17.0 Å². The SMILES string of the molecule is OC1CCN(Cc2cnoc2)C1. The smallest absolute Gasteiger partial charge is 0.128 e. The highest BCUT2D eigenvalue weighted by molar-refractivity contribution is 5.00. The van der Waals surface area contributed by atoms with Crippen molar-refractivity contribution in [3.8, 4) is 0 Å². The molecule has 0 aromatic carbocycles. The summed E-state index contributed by atoms with van der Waals surface area (Å²) in [5.74, 6) is 0. The summed E-state index contributed by atoms with van der Waals surface area (Å²) in [4.78, 5) is 2.19. The maximum atomic E-state index is 9.25. The van der Waals surface area contributed by atoms with E-state index in [0.717, 1.165) is 31.6 Å². The summed E-state index contributed by atoms with van der Waals surface area (Å²) < 4.78 is 4.71. The van der Waals surface area contributed by atoms with Gasteiger partial charge >= 0.3 is 0 Å². The summed E-state index contributed by atoms with van der Waals surface area (Å²) in [6, 6.07) is 0. The molecule has 0 amide bonds. The Hall–Kier alpha value is -0.870. The lowest BCUT2D eigenvalue weighted by atomic mass is 10.3. The minimum atomic E-state index is -0.148. The van der Waals surface area contributed by atoms with Crippen molar-refractivity contribution in [1.82, 2.24) is 10.1 Å². The number of rotatable bonds is 2. The Morgan fingerprint density at radius 3 is 3.25 bits per heavy atom. The van der Waals surface area contributed by atoms with Crippen LogP contribution in [-0.4, -0.2) is 34.4 Å². The van der Waals surface area contributed by atoms with E-state index in [2.05, 4.69) is 10.1 Å². The van der Waals surface area contributed by atoms with Crippen LogP contribution >= 0.6 is 0 Å². The van der Waals surface area contributed by atoms with E-state index in [-0.39, 0.29) is 6.10 Å². The van der Waals surface area contributed by atoms with Crippen molar-refractivity contribution in [1.29, 1.82) is 0 Å². The molecule has 1 fully saturated rings. The normalized spacial score (nSPS) is 24.9. The average Bonchev–Trinajstić information content (AvgIpc) is 2.63. The first-order valence-corrected chi connectivity index (χ1v) is 4.13. The molecule has 2 rings (SSSR count). The monoisotopic (exact) mass is 168 g/mol. The first-order valence-electron chi connectivity index (χ1n) is 4.13. The van der Waals surface area contributed by atoms with Gasteiger partial charge in [-0.1, -0.05) is 5.16 Å². The van der Waals surface area contributed by atoms with E-state index >= 15 is 0 Å². The van der Waals surface area contributed by atoms with Gasteiger partial charge in [0.05, 0.1) is 12.3 Å². The maximum absolute atomic E-state index is 9.25. The van der Waals surface area contributed by atoms with Crippen LogP contribution in [0.4, 0.5) is 0 Å². The quantitative estimate of drug-likeness (QED) is 0.687. The van der Waals surface area contributed by atoms with Crippen LogP contribution in [-0.2, 0) is 6.54 Å². The number of aliphatic hydroxyl groups excluding tert-OH is 1. The Balaban J connectivity index is 1.88. The summed E-state index contributed by atoms with van der Waals surface area (Å²) in [5.41, 5.74) is 1.07. The molecule has 1 aliphatic heterocycles. The summed E-state index contributed by atoms with van der Waals surface area (Å²) in [6.45, 7) is 2.57. The zero-order valence-corrected chi connectivity index (χ0v) is 6.81. The van der Waals surface area contributed by atoms with Gasteiger partial charge in [-0.3, -0.25) is 4.90 Å². The van der Waals surface area contributed by atoms with Gasteiger partial charge in [0.2, 0.25) is 0 Å². The standard InChI is InChI=1S/C8H12N2O2/c11-8-1-2-10(5-8)4-7-3-9-12-6-7/h3,6,8,11H,1-2,4-5H2. The van der Waals surface area contributed by atoms with Crippen LogP contribution in [0, 0.1) is 0 Å². The van der Waals surface area contributed by atoms with Crippen molar-refractivity contribution >= 4 is 0 Å². The third-order valence-electron chi connectivity index (χ3n) is 2.14. The number of likely N-dealkylation sites (tertiary alicyclic amines) is 1. The molecule has 1 unspecified atom stereocenters. The van der Waals surface area contributed by atoms with Crippen molar-refractivity contribution < 1.29 is 9.63 Å². The highest BCUT2D eigenvalue weighted by atomic mass is 16.5. The average molecular weight is 168 g/mol. The van der Waals surface area contributed by atoms with Crippen LogP contribution in [0.2, 0.25) is 0 Å². The molecule has 0 spiro atoms. The van der Waals surface area contributed by atoms with Gasteiger partial charge in [0.1, 0.15) is 6.26 Å². The molecule has 0 radical (unpaired) electrons. The minimum Gasteiger partial charge on any atom is -0.392 e. The Kier molecular flexibility index (Phi) is 2.10. The van der Waals surface area contributed by atoms with Gasteiger partial charge in [-0.15, -0.1) is 0 Å². The van der Waals surface area contributed by atoms with Crippen LogP contribution in [0.3, 0.4) is 0 Å². The van der Waals surface area contributed by atoms with E-state index in [1.807, 2.05) is 0 Å². The molecular formula is C8H12N2O2. The molecule has 4 nitrogen and oxygen atoms in total. The van der Waals surface area contributed by atoms with Crippen molar-refractivity contribution in [2.24, 2.45) is 0 Å². The maximum Gasteiger partial charge on any atom is 0.128 e. The van der Waals surface area contributed by atoms with Gasteiger partial charge < -0.3 is 9.63 Å². The van der Waals surface area contributed by atoms with E-state index in [1.54, 1.807) is 12.5 Å². The molecule has 12 heavy (non-hydrogen) atoms. The number of hydrogen-bond donors (Lipinski definition) is 1. The number of aromatic nitrogens is 1. The van der Waals surface area contributed by atoms with Gasteiger partial charge in [-0.05, 0) is 6.42 Å². The van der Waals surface area contributed by atoms with Gasteiger partial charge in [0.15, 0.2) is 0 Å². The molecule has 0 aliphatic carbocycles. The van der Waals surface area contributed by atoms with E-state index < -0.39 is 0 Å². The number of aliphatic hydroxyl groups is 1. The molecule has 2 heterocycles. The number of hydrogen-bond acceptors (Lipinski definition) is 4. The first kappa shape index (κ1) is 7.76. The topological polar surface area (TPSA) is 49.5 Å². The number of β-amino-alcohol motifs (C(OH)–C–C–N with tert-alkyl or cyclic N) is 1. The van der Waals surface area contributed by atoms with E-state index in [4.69, 9.17) is 4.52 Å². The fourth-order valence-corrected chi connectivity index (χ4v) is 1.52. The van der Waals surface area contributed by atoms with Crippen LogP contribution in [0.5, 0.6) is 0 Å². The molecule has 1 atom stereocenters. The third-order valence-corrected chi connectivity index (χ3v) is 2.14. The first-order chi connectivity index (χ1) is 5.84. The van der Waals surface area contributed by atoms with Crippen LogP contribution in [0.25, 0.3) is 0 Å². The van der Waals surface area contributed by atoms with E-state index in [0.29, 0.717) is 0 Å². The van der Waals surface area contributed by atoms with Gasteiger partial charge in [0, 0.05) is 25.2 Å². The summed E-state index contributed by atoms with van der Waals surface area (Å²) in [6.07, 6.45) is 4.09. The molecule has 1 aromatic heterocycles. The molecule has 0 bridgehead atoms. The predicted octanol–water partition coefficient (Wildman–Crippen LogP) is 0.241. The lowest BCUT2D eigenvalue weighted by Crippen LogP contribution is -2.21. The lowest BCUT2D eigenvalue weighted by Gasteiger charge is -2.12. The highest BCUT2D eigenvalue weighted by Gasteiger charge is 2.20. The summed E-state index contributed by atoms with van der Waals surface area (Å²) in [7, 11) is 0. The van der Waals surface area contributed by atoms with Crippen LogP contribution in [0.1, 0.15) is 12.0 Å². The summed E-state index contributed by atoms with van der Waals surface area (Å²) in [5, 5.41) is 12.9. The molecule has 1 saturated heterocycles. The van der Waals surface area contributed by atoms with E-state index in [9.17, 15) is 5.11 Å². The molecule has 1 aliphatic rings. The van der Waals surface area contributed by atoms with E-state index in [1.165, 1.54) is 0 Å². The molecule has 4 heteroatoms. The Labute approximate surface area is 70.8 Å². The van der Waals surface area contributed by atoms with Gasteiger partial charge in [-0.2, -0.15) is 0 Å².